The molecule has 0 rings (SSSR count). The molecule has 0 saturated heterocycles. The fraction of sp³-hybridized carbons (Fsp3) is 0.672. The number of rotatable bonds is 51. The number of carbonyl (C=O) groups excluding carboxylic acids is 3. The molecule has 0 heterocycles. The zero-order valence-corrected chi connectivity index (χ0v) is 45.5. The Morgan fingerprint density at radius 2 is 0.571 bits per heavy atom. The number of ether oxygens (including phenoxy) is 3. The first-order valence-electron chi connectivity index (χ1n) is 28.9. The molecule has 0 aliphatic rings. The van der Waals surface area contributed by atoms with Crippen molar-refractivity contribution in [3.05, 3.63) is 109 Å². The SMILES string of the molecule is CC/C=C\C/C=C\C/C=C\C/C=C\C/C=C\C/C=C\C/C=C\CCCCCC(=O)OCC(COC(=O)CCCCCCC/C=C\CCCC)OC(=O)CCCCCCC/C=C\CCCCCCCCC. The van der Waals surface area contributed by atoms with Crippen LogP contribution in [0.15, 0.2) is 109 Å². The van der Waals surface area contributed by atoms with Crippen molar-refractivity contribution in [2.45, 2.75) is 264 Å². The zero-order valence-electron chi connectivity index (χ0n) is 45.5. The molecule has 1 unspecified atom stereocenters. The predicted molar refractivity (Wildman–Crippen MR) is 302 cm³/mol. The summed E-state index contributed by atoms with van der Waals surface area (Å²) in [5.74, 6) is -0.950. The van der Waals surface area contributed by atoms with Crippen LogP contribution in [0.2, 0.25) is 0 Å². The monoisotopic (exact) mass is 971 g/mol. The second kappa shape index (κ2) is 57.6. The lowest BCUT2D eigenvalue weighted by atomic mass is 10.1. The molecule has 0 aromatic carbocycles. The molecule has 0 aromatic rings. The highest BCUT2D eigenvalue weighted by Crippen LogP contribution is 2.14. The molecule has 0 aliphatic heterocycles. The minimum absolute atomic E-state index is 0.0976. The average molecular weight is 972 g/mol. The molecule has 0 N–H and O–H groups in total. The number of esters is 3. The number of hydrogen-bond acceptors (Lipinski definition) is 6. The first-order valence-corrected chi connectivity index (χ1v) is 28.9. The van der Waals surface area contributed by atoms with Crippen LogP contribution in [0.25, 0.3) is 0 Å². The maximum absolute atomic E-state index is 12.8. The third-order valence-corrected chi connectivity index (χ3v) is 12.0. The molecule has 0 saturated carbocycles. The van der Waals surface area contributed by atoms with Gasteiger partial charge in [0.25, 0.3) is 0 Å². The third-order valence-electron chi connectivity index (χ3n) is 12.0. The summed E-state index contributed by atoms with van der Waals surface area (Å²) in [7, 11) is 0. The molecular weight excluding hydrogens is 865 g/mol. The number of hydrogen-bond donors (Lipinski definition) is 0. The molecule has 0 bridgehead atoms. The molecule has 398 valence electrons. The number of carbonyl (C=O) groups is 3. The van der Waals surface area contributed by atoms with Crippen molar-refractivity contribution in [3.8, 4) is 0 Å². The van der Waals surface area contributed by atoms with Crippen molar-refractivity contribution in [1.29, 1.82) is 0 Å². The zero-order chi connectivity index (χ0) is 50.7. The maximum Gasteiger partial charge on any atom is 0.306 e. The molecular formula is C64H106O6. The summed E-state index contributed by atoms with van der Waals surface area (Å²) in [4.78, 5) is 38.1. The van der Waals surface area contributed by atoms with E-state index in [1.54, 1.807) is 0 Å². The largest absolute Gasteiger partial charge is 0.462 e. The molecule has 6 heteroatoms. The first-order chi connectivity index (χ1) is 34.5. The summed E-state index contributed by atoms with van der Waals surface area (Å²) in [6.45, 7) is 6.44. The summed E-state index contributed by atoms with van der Waals surface area (Å²) >= 11 is 0. The Labute approximate surface area is 431 Å². The second-order valence-electron chi connectivity index (χ2n) is 18.8. The summed E-state index contributed by atoms with van der Waals surface area (Å²) in [6.07, 6.45) is 78.0. The minimum Gasteiger partial charge on any atom is -0.462 e. The van der Waals surface area contributed by atoms with Gasteiger partial charge >= 0.3 is 17.9 Å². The van der Waals surface area contributed by atoms with Gasteiger partial charge in [-0.3, -0.25) is 14.4 Å². The van der Waals surface area contributed by atoms with Crippen molar-refractivity contribution in [2.75, 3.05) is 13.2 Å². The number of allylic oxidation sites excluding steroid dienone is 18. The van der Waals surface area contributed by atoms with Crippen LogP contribution in [0.1, 0.15) is 258 Å². The van der Waals surface area contributed by atoms with Crippen molar-refractivity contribution in [3.63, 3.8) is 0 Å². The Kier molecular flexibility index (Phi) is 54.4. The van der Waals surface area contributed by atoms with Crippen LogP contribution in [-0.4, -0.2) is 37.2 Å². The van der Waals surface area contributed by atoms with Gasteiger partial charge in [0.05, 0.1) is 0 Å². The van der Waals surface area contributed by atoms with E-state index in [1.807, 2.05) is 0 Å². The Hall–Kier alpha value is -3.93. The van der Waals surface area contributed by atoms with Gasteiger partial charge in [0.1, 0.15) is 13.2 Å². The Balaban J connectivity index is 4.41. The topological polar surface area (TPSA) is 78.9 Å². The van der Waals surface area contributed by atoms with Crippen LogP contribution in [0.3, 0.4) is 0 Å². The van der Waals surface area contributed by atoms with Gasteiger partial charge in [-0.05, 0) is 122 Å². The lowest BCUT2D eigenvalue weighted by Gasteiger charge is -2.18. The molecule has 70 heavy (non-hydrogen) atoms. The Bertz CT molecular complexity index is 1440. The maximum atomic E-state index is 12.8. The van der Waals surface area contributed by atoms with Crippen LogP contribution in [0.4, 0.5) is 0 Å². The smallest absolute Gasteiger partial charge is 0.306 e. The molecule has 1 atom stereocenters. The van der Waals surface area contributed by atoms with Crippen LogP contribution in [0, 0.1) is 0 Å². The van der Waals surface area contributed by atoms with Gasteiger partial charge in [-0.1, -0.05) is 226 Å². The van der Waals surface area contributed by atoms with E-state index < -0.39 is 6.10 Å². The molecule has 0 fully saturated rings. The van der Waals surface area contributed by atoms with Crippen LogP contribution < -0.4 is 0 Å². The summed E-state index contributed by atoms with van der Waals surface area (Å²) < 4.78 is 16.8. The number of unbranched alkanes of at least 4 members (excludes halogenated alkanes) is 22. The van der Waals surface area contributed by atoms with E-state index in [1.165, 1.54) is 83.5 Å². The average Bonchev–Trinajstić information content (AvgIpc) is 3.36. The lowest BCUT2D eigenvalue weighted by molar-refractivity contribution is -0.167. The van der Waals surface area contributed by atoms with Crippen molar-refractivity contribution < 1.29 is 28.6 Å². The van der Waals surface area contributed by atoms with Gasteiger partial charge < -0.3 is 14.2 Å². The fourth-order valence-corrected chi connectivity index (χ4v) is 7.63. The highest BCUT2D eigenvalue weighted by molar-refractivity contribution is 5.71. The van der Waals surface area contributed by atoms with Crippen molar-refractivity contribution >= 4 is 17.9 Å². The van der Waals surface area contributed by atoms with Gasteiger partial charge in [-0.25, -0.2) is 0 Å². The van der Waals surface area contributed by atoms with Gasteiger partial charge in [0, 0.05) is 19.3 Å². The van der Waals surface area contributed by atoms with Crippen LogP contribution >= 0.6 is 0 Å². The Morgan fingerprint density at radius 1 is 0.300 bits per heavy atom. The molecule has 6 nitrogen and oxygen atoms in total. The third kappa shape index (κ3) is 55.0. The van der Waals surface area contributed by atoms with Gasteiger partial charge in [0.2, 0.25) is 0 Å². The highest BCUT2D eigenvalue weighted by Gasteiger charge is 2.19. The lowest BCUT2D eigenvalue weighted by Crippen LogP contribution is -2.30. The quantitative estimate of drug-likeness (QED) is 0.0262. The summed E-state index contributed by atoms with van der Waals surface area (Å²) in [5, 5.41) is 0. The van der Waals surface area contributed by atoms with E-state index in [2.05, 4.69) is 130 Å². The second-order valence-corrected chi connectivity index (χ2v) is 18.8. The minimum atomic E-state index is -0.801. The fourth-order valence-electron chi connectivity index (χ4n) is 7.63. The van der Waals surface area contributed by atoms with E-state index in [0.717, 1.165) is 135 Å². The Morgan fingerprint density at radius 3 is 0.943 bits per heavy atom. The molecule has 0 radical (unpaired) electrons. The van der Waals surface area contributed by atoms with E-state index in [9.17, 15) is 14.4 Å². The standard InChI is InChI=1S/C64H106O6/c1-4-7-10-13-16-19-22-24-26-28-29-30-31-32-33-34-35-36-38-39-42-45-48-51-54-57-63(66)69-60-61(59-68-62(65)56-53-50-47-44-41-21-18-15-12-9-6-3)70-64(67)58-55-52-49-46-43-40-37-27-25-23-20-17-14-11-8-5-2/h7,10,15-16,18-19,24,26-27,29-30,32-33,35-37,39,42,61H,4-6,8-9,11-14,17,20-23,25,28,31,34,38,40-41,43-60H2,1-3H3/b10-7-,18-15-,19-16-,26-24-,30-29-,33-32-,36-35-,37-27-,42-39-. The van der Waals surface area contributed by atoms with Crippen molar-refractivity contribution in [1.82, 2.24) is 0 Å². The molecule has 0 amide bonds. The predicted octanol–water partition coefficient (Wildman–Crippen LogP) is 19.5. The van der Waals surface area contributed by atoms with Crippen LogP contribution in [-0.2, 0) is 28.6 Å². The van der Waals surface area contributed by atoms with Gasteiger partial charge in [-0.15, -0.1) is 0 Å². The molecule has 0 aromatic heterocycles. The summed E-state index contributed by atoms with van der Waals surface area (Å²) in [5.41, 5.74) is 0. The van der Waals surface area contributed by atoms with E-state index in [-0.39, 0.29) is 31.1 Å². The molecule has 0 aliphatic carbocycles. The van der Waals surface area contributed by atoms with Crippen LogP contribution in [0.5, 0.6) is 0 Å². The van der Waals surface area contributed by atoms with Gasteiger partial charge in [0.15, 0.2) is 6.10 Å². The summed E-state index contributed by atoms with van der Waals surface area (Å²) in [6, 6.07) is 0. The highest BCUT2D eigenvalue weighted by atomic mass is 16.6. The van der Waals surface area contributed by atoms with E-state index >= 15 is 0 Å². The van der Waals surface area contributed by atoms with E-state index in [4.69, 9.17) is 14.2 Å². The molecule has 0 spiro atoms. The first kappa shape index (κ1) is 66.1. The van der Waals surface area contributed by atoms with Crippen molar-refractivity contribution in [2.24, 2.45) is 0 Å². The normalized spacial score (nSPS) is 12.9. The van der Waals surface area contributed by atoms with E-state index in [0.29, 0.717) is 19.3 Å². The van der Waals surface area contributed by atoms with Gasteiger partial charge in [-0.2, -0.15) is 0 Å².